The van der Waals surface area contributed by atoms with Crippen molar-refractivity contribution in [3.63, 3.8) is 0 Å². The molecule has 0 aliphatic heterocycles. The lowest BCUT2D eigenvalue weighted by molar-refractivity contribution is 0.168. The second-order valence-electron chi connectivity index (χ2n) is 3.11. The molecule has 0 aliphatic rings. The van der Waals surface area contributed by atoms with Gasteiger partial charge in [0, 0.05) is 11.6 Å². The summed E-state index contributed by atoms with van der Waals surface area (Å²) < 4.78 is 18.5. The van der Waals surface area contributed by atoms with E-state index in [1.165, 1.54) is 13.2 Å². The van der Waals surface area contributed by atoms with E-state index in [9.17, 15) is 9.50 Å². The molecule has 0 amide bonds. The second kappa shape index (κ2) is 5.44. The van der Waals surface area contributed by atoms with Crippen LogP contribution in [0.15, 0.2) is 16.6 Å². The number of aliphatic hydroxyl groups is 1. The normalized spacial score (nSPS) is 12.6. The van der Waals surface area contributed by atoms with Gasteiger partial charge in [-0.2, -0.15) is 0 Å². The maximum atomic E-state index is 13.4. The molecule has 1 unspecified atom stereocenters. The van der Waals surface area contributed by atoms with Gasteiger partial charge >= 0.3 is 0 Å². The van der Waals surface area contributed by atoms with Crippen molar-refractivity contribution >= 4 is 15.9 Å². The maximum Gasteiger partial charge on any atom is 0.141 e. The minimum Gasteiger partial charge on any atom is -0.497 e. The summed E-state index contributed by atoms with van der Waals surface area (Å²) in [5.41, 5.74) is 5.78. The van der Waals surface area contributed by atoms with Crippen molar-refractivity contribution in [1.82, 2.24) is 0 Å². The van der Waals surface area contributed by atoms with E-state index in [2.05, 4.69) is 15.9 Å². The number of rotatable bonds is 4. The minimum atomic E-state index is -0.783. The zero-order valence-electron chi connectivity index (χ0n) is 8.34. The van der Waals surface area contributed by atoms with Crippen LogP contribution in [0.3, 0.4) is 0 Å². The van der Waals surface area contributed by atoms with Crippen molar-refractivity contribution < 1.29 is 14.2 Å². The lowest BCUT2D eigenvalue weighted by Crippen LogP contribution is -2.08. The highest BCUT2D eigenvalue weighted by atomic mass is 79.9. The second-order valence-corrected chi connectivity index (χ2v) is 3.90. The highest BCUT2D eigenvalue weighted by Crippen LogP contribution is 2.31. The summed E-state index contributed by atoms with van der Waals surface area (Å²) in [6, 6.07) is 2.84. The molecular formula is C10H13BrFNO2. The van der Waals surface area contributed by atoms with Crippen molar-refractivity contribution in [3.8, 4) is 5.75 Å². The van der Waals surface area contributed by atoms with Crippen molar-refractivity contribution in [2.45, 2.75) is 12.5 Å². The van der Waals surface area contributed by atoms with Crippen molar-refractivity contribution in [3.05, 3.63) is 28.0 Å². The number of aliphatic hydroxyl groups excluding tert-OH is 1. The van der Waals surface area contributed by atoms with Crippen molar-refractivity contribution in [2.75, 3.05) is 13.7 Å². The molecule has 84 valence electrons. The van der Waals surface area contributed by atoms with Gasteiger partial charge in [0.1, 0.15) is 11.6 Å². The summed E-state index contributed by atoms with van der Waals surface area (Å²) in [5.74, 6) is -0.0813. The zero-order valence-corrected chi connectivity index (χ0v) is 9.92. The highest BCUT2D eigenvalue weighted by Gasteiger charge is 2.15. The van der Waals surface area contributed by atoms with E-state index in [-0.39, 0.29) is 4.47 Å². The highest BCUT2D eigenvalue weighted by molar-refractivity contribution is 9.10. The molecule has 1 aromatic rings. The predicted molar refractivity (Wildman–Crippen MR) is 59.3 cm³/mol. The van der Waals surface area contributed by atoms with Crippen LogP contribution in [0, 0.1) is 5.82 Å². The van der Waals surface area contributed by atoms with Gasteiger partial charge in [0.15, 0.2) is 0 Å². The number of hydrogen-bond donors (Lipinski definition) is 2. The fourth-order valence-electron chi connectivity index (χ4n) is 1.26. The van der Waals surface area contributed by atoms with E-state index in [4.69, 9.17) is 10.5 Å². The summed E-state index contributed by atoms with van der Waals surface area (Å²) >= 11 is 3.08. The molecule has 0 heterocycles. The van der Waals surface area contributed by atoms with Gasteiger partial charge in [0.2, 0.25) is 0 Å². The molecule has 1 aromatic carbocycles. The lowest BCUT2D eigenvalue weighted by atomic mass is 10.1. The van der Waals surface area contributed by atoms with E-state index in [1.807, 2.05) is 0 Å². The quantitative estimate of drug-likeness (QED) is 0.885. The molecule has 0 radical (unpaired) electrons. The largest absolute Gasteiger partial charge is 0.497 e. The molecule has 0 aliphatic carbocycles. The van der Waals surface area contributed by atoms with Crippen LogP contribution < -0.4 is 10.5 Å². The van der Waals surface area contributed by atoms with Crippen LogP contribution in [-0.2, 0) is 0 Å². The van der Waals surface area contributed by atoms with Crippen LogP contribution in [0.1, 0.15) is 18.1 Å². The van der Waals surface area contributed by atoms with Crippen molar-refractivity contribution in [2.24, 2.45) is 5.73 Å². The van der Waals surface area contributed by atoms with Gasteiger partial charge in [0.05, 0.1) is 17.7 Å². The smallest absolute Gasteiger partial charge is 0.141 e. The molecular weight excluding hydrogens is 265 g/mol. The van der Waals surface area contributed by atoms with Gasteiger partial charge in [-0.3, -0.25) is 0 Å². The van der Waals surface area contributed by atoms with E-state index in [1.54, 1.807) is 6.07 Å². The molecule has 1 rings (SSSR count). The van der Waals surface area contributed by atoms with E-state index >= 15 is 0 Å². The minimum absolute atomic E-state index is 0.254. The summed E-state index contributed by atoms with van der Waals surface area (Å²) in [6.07, 6.45) is -0.403. The number of halogens is 2. The van der Waals surface area contributed by atoms with Crippen LogP contribution in [0.2, 0.25) is 0 Å². The Kier molecular flexibility index (Phi) is 4.50. The van der Waals surface area contributed by atoms with Gasteiger partial charge in [0.25, 0.3) is 0 Å². The molecule has 0 saturated heterocycles. The first-order chi connectivity index (χ1) is 7.10. The summed E-state index contributed by atoms with van der Waals surface area (Å²) in [4.78, 5) is 0. The predicted octanol–water partition coefficient (Wildman–Crippen LogP) is 1.98. The average molecular weight is 278 g/mol. The van der Waals surface area contributed by atoms with Crippen LogP contribution in [0.5, 0.6) is 5.75 Å². The molecule has 0 bridgehead atoms. The zero-order chi connectivity index (χ0) is 11.4. The standard InChI is InChI=1S/C10H13BrFNO2/c1-15-6-4-7(9(14)2-3-13)10(11)8(12)5-6/h4-5,9,14H,2-3,13H2,1H3. The Labute approximate surface area is 96.2 Å². The molecule has 5 heteroatoms. The van der Waals surface area contributed by atoms with Crippen LogP contribution in [-0.4, -0.2) is 18.8 Å². The van der Waals surface area contributed by atoms with Gasteiger partial charge in [-0.25, -0.2) is 4.39 Å². The van der Waals surface area contributed by atoms with E-state index in [0.717, 1.165) is 0 Å². The molecule has 3 N–H and O–H groups in total. The lowest BCUT2D eigenvalue weighted by Gasteiger charge is -2.13. The summed E-state index contributed by atoms with van der Waals surface area (Å²) in [7, 11) is 1.45. The Morgan fingerprint density at radius 2 is 2.27 bits per heavy atom. The van der Waals surface area contributed by atoms with E-state index in [0.29, 0.717) is 24.3 Å². The summed E-state index contributed by atoms with van der Waals surface area (Å²) in [6.45, 7) is 0.340. The fourth-order valence-corrected chi connectivity index (χ4v) is 1.75. The number of benzene rings is 1. The van der Waals surface area contributed by atoms with Crippen molar-refractivity contribution in [1.29, 1.82) is 0 Å². The molecule has 1 atom stereocenters. The third kappa shape index (κ3) is 2.90. The third-order valence-electron chi connectivity index (χ3n) is 2.06. The fraction of sp³-hybridized carbons (Fsp3) is 0.400. The van der Waals surface area contributed by atoms with Gasteiger partial charge in [-0.1, -0.05) is 0 Å². The van der Waals surface area contributed by atoms with E-state index < -0.39 is 11.9 Å². The Balaban J connectivity index is 3.09. The molecule has 0 saturated carbocycles. The number of hydrogen-bond acceptors (Lipinski definition) is 3. The SMILES string of the molecule is COc1cc(F)c(Br)c(C(O)CCN)c1. The van der Waals surface area contributed by atoms with Gasteiger partial charge < -0.3 is 15.6 Å². The molecule has 0 aromatic heterocycles. The average Bonchev–Trinajstić information content (AvgIpc) is 2.22. The number of ether oxygens (including phenoxy) is 1. The first-order valence-corrected chi connectivity index (χ1v) is 5.30. The van der Waals surface area contributed by atoms with Crippen LogP contribution in [0.4, 0.5) is 4.39 Å². The molecule has 0 spiro atoms. The summed E-state index contributed by atoms with van der Waals surface area (Å²) in [5, 5.41) is 9.71. The third-order valence-corrected chi connectivity index (χ3v) is 2.90. The Bertz CT molecular complexity index is 346. The molecule has 15 heavy (non-hydrogen) atoms. The molecule has 0 fully saturated rings. The van der Waals surface area contributed by atoms with Gasteiger partial charge in [-0.05, 0) is 35.0 Å². The first kappa shape index (κ1) is 12.4. The topological polar surface area (TPSA) is 55.5 Å². The van der Waals surface area contributed by atoms with Crippen LogP contribution >= 0.6 is 15.9 Å². The van der Waals surface area contributed by atoms with Crippen LogP contribution in [0.25, 0.3) is 0 Å². The molecule has 3 nitrogen and oxygen atoms in total. The Morgan fingerprint density at radius 1 is 1.60 bits per heavy atom. The Hall–Kier alpha value is -0.650. The number of nitrogens with two attached hydrogens (primary N) is 1. The number of methoxy groups -OCH3 is 1. The monoisotopic (exact) mass is 277 g/mol. The van der Waals surface area contributed by atoms with Gasteiger partial charge in [-0.15, -0.1) is 0 Å². The first-order valence-electron chi connectivity index (χ1n) is 4.51. The maximum absolute atomic E-state index is 13.4. The Morgan fingerprint density at radius 3 is 2.80 bits per heavy atom.